The van der Waals surface area contributed by atoms with Gasteiger partial charge in [-0.05, 0) is 48.5 Å². The number of hydrogen-bond acceptors (Lipinski definition) is 7. The van der Waals surface area contributed by atoms with Crippen LogP contribution in [0.25, 0.3) is 0 Å². The molecule has 0 N–H and O–H groups in total. The molecule has 0 aliphatic carbocycles. The zero-order valence-corrected chi connectivity index (χ0v) is 19.2. The molecule has 174 valence electrons. The standard InChI is InChI=1S/C25H29N3O5/c1-6-12-32-20-10-8-18(14-22(20)30-4)16-26-28-24(29)17-27(3)25(28)19-9-11-21(33-13-7-2)23(15-19)31-5/h6-11,14-16,25H,1-2,12-13,17H2,3-5H3/b26-16-/t25-/m0/s1. The largest absolute Gasteiger partial charge is 0.493 e. The first kappa shape index (κ1) is 23.9. The maximum Gasteiger partial charge on any atom is 0.258 e. The third-order valence-corrected chi connectivity index (χ3v) is 5.01. The number of nitrogens with zero attached hydrogens (tertiary/aromatic N) is 3. The summed E-state index contributed by atoms with van der Waals surface area (Å²) in [6.07, 6.45) is 4.58. The van der Waals surface area contributed by atoms with Crippen LogP contribution < -0.4 is 18.9 Å². The van der Waals surface area contributed by atoms with Crippen molar-refractivity contribution < 1.29 is 23.7 Å². The highest BCUT2D eigenvalue weighted by Crippen LogP contribution is 2.36. The summed E-state index contributed by atoms with van der Waals surface area (Å²) in [5.74, 6) is 2.25. The second-order valence-corrected chi connectivity index (χ2v) is 7.29. The topological polar surface area (TPSA) is 72.8 Å². The van der Waals surface area contributed by atoms with E-state index >= 15 is 0 Å². The predicted octanol–water partition coefficient (Wildman–Crippen LogP) is 3.64. The van der Waals surface area contributed by atoms with Crippen molar-refractivity contribution in [2.24, 2.45) is 5.10 Å². The molecule has 1 saturated heterocycles. The first-order chi connectivity index (χ1) is 16.0. The molecule has 8 heteroatoms. The fraction of sp³-hybridized carbons (Fsp3) is 0.280. The molecule has 2 aromatic carbocycles. The van der Waals surface area contributed by atoms with Crippen LogP contribution in [0.3, 0.4) is 0 Å². The molecule has 1 heterocycles. The zero-order chi connectivity index (χ0) is 23.8. The van der Waals surface area contributed by atoms with Crippen molar-refractivity contribution in [2.45, 2.75) is 6.17 Å². The van der Waals surface area contributed by atoms with Gasteiger partial charge in [0.25, 0.3) is 5.91 Å². The van der Waals surface area contributed by atoms with Gasteiger partial charge in [0.1, 0.15) is 19.4 Å². The van der Waals surface area contributed by atoms with Gasteiger partial charge in [0.15, 0.2) is 23.0 Å². The fourth-order valence-corrected chi connectivity index (χ4v) is 3.49. The van der Waals surface area contributed by atoms with Gasteiger partial charge in [0.2, 0.25) is 0 Å². The summed E-state index contributed by atoms with van der Waals surface area (Å²) in [7, 11) is 5.03. The number of ether oxygens (including phenoxy) is 4. The molecule has 0 spiro atoms. The number of benzene rings is 2. The summed E-state index contributed by atoms with van der Waals surface area (Å²) in [6.45, 7) is 8.30. The molecule has 0 saturated carbocycles. The van der Waals surface area contributed by atoms with Crippen molar-refractivity contribution in [1.29, 1.82) is 0 Å². The van der Waals surface area contributed by atoms with Gasteiger partial charge in [0, 0.05) is 0 Å². The lowest BCUT2D eigenvalue weighted by molar-refractivity contribution is -0.128. The zero-order valence-electron chi connectivity index (χ0n) is 19.2. The average Bonchev–Trinajstić information content (AvgIpc) is 3.12. The number of hydrogen-bond donors (Lipinski definition) is 0. The van der Waals surface area contributed by atoms with E-state index in [4.69, 9.17) is 18.9 Å². The number of carbonyl (C=O) groups is 1. The highest BCUT2D eigenvalue weighted by atomic mass is 16.5. The van der Waals surface area contributed by atoms with Crippen molar-refractivity contribution in [3.63, 3.8) is 0 Å². The number of amides is 1. The number of carbonyl (C=O) groups excluding carboxylic acids is 1. The van der Waals surface area contributed by atoms with E-state index in [-0.39, 0.29) is 18.6 Å². The van der Waals surface area contributed by atoms with Crippen LogP contribution in [0.5, 0.6) is 23.0 Å². The van der Waals surface area contributed by atoms with E-state index in [1.54, 1.807) is 44.7 Å². The minimum Gasteiger partial charge on any atom is -0.493 e. The first-order valence-corrected chi connectivity index (χ1v) is 10.4. The van der Waals surface area contributed by atoms with Gasteiger partial charge in [-0.15, -0.1) is 0 Å². The maximum atomic E-state index is 12.7. The normalized spacial score (nSPS) is 16.2. The van der Waals surface area contributed by atoms with Crippen LogP contribution >= 0.6 is 0 Å². The molecule has 1 aliphatic rings. The van der Waals surface area contributed by atoms with E-state index in [1.807, 2.05) is 36.2 Å². The van der Waals surface area contributed by atoms with Crippen LogP contribution in [0.4, 0.5) is 0 Å². The summed E-state index contributed by atoms with van der Waals surface area (Å²) >= 11 is 0. The summed E-state index contributed by atoms with van der Waals surface area (Å²) in [5, 5.41) is 5.96. The number of hydrazone groups is 1. The average molecular weight is 452 g/mol. The van der Waals surface area contributed by atoms with E-state index < -0.39 is 0 Å². The van der Waals surface area contributed by atoms with Gasteiger partial charge in [-0.3, -0.25) is 9.69 Å². The molecule has 8 nitrogen and oxygen atoms in total. The SMILES string of the molecule is C=CCOc1ccc(/C=N\N2C(=O)CN(C)[C@@H]2c2ccc(OCC=C)c(OC)c2)cc1OC. The molecule has 0 bridgehead atoms. The number of rotatable bonds is 11. The highest BCUT2D eigenvalue weighted by Gasteiger charge is 2.37. The van der Waals surface area contributed by atoms with Crippen LogP contribution in [-0.2, 0) is 4.79 Å². The van der Waals surface area contributed by atoms with Crippen LogP contribution in [0.1, 0.15) is 17.3 Å². The molecule has 2 aromatic rings. The Hall–Kier alpha value is -3.78. The third kappa shape index (κ3) is 5.53. The Balaban J connectivity index is 1.86. The first-order valence-electron chi connectivity index (χ1n) is 10.4. The molecule has 1 fully saturated rings. The summed E-state index contributed by atoms with van der Waals surface area (Å²) in [6, 6.07) is 11.0. The van der Waals surface area contributed by atoms with Crippen LogP contribution in [0, 0.1) is 0 Å². The Morgan fingerprint density at radius 2 is 1.58 bits per heavy atom. The molecule has 0 unspecified atom stereocenters. The van der Waals surface area contributed by atoms with Crippen LogP contribution in [-0.4, -0.2) is 63.1 Å². The van der Waals surface area contributed by atoms with Crippen molar-refractivity contribution >= 4 is 12.1 Å². The van der Waals surface area contributed by atoms with Crippen molar-refractivity contribution in [1.82, 2.24) is 9.91 Å². The number of methoxy groups -OCH3 is 2. The lowest BCUT2D eigenvalue weighted by Gasteiger charge is -2.25. The van der Waals surface area contributed by atoms with Crippen molar-refractivity contribution in [2.75, 3.05) is 41.0 Å². The Bertz CT molecular complexity index is 1040. The summed E-state index contributed by atoms with van der Waals surface area (Å²) < 4.78 is 22.1. The Kier molecular flexibility index (Phi) is 8.10. The monoisotopic (exact) mass is 451 g/mol. The Morgan fingerprint density at radius 3 is 2.18 bits per heavy atom. The van der Waals surface area contributed by atoms with E-state index in [1.165, 1.54) is 5.01 Å². The van der Waals surface area contributed by atoms with E-state index in [2.05, 4.69) is 18.3 Å². The van der Waals surface area contributed by atoms with E-state index in [0.717, 1.165) is 11.1 Å². The van der Waals surface area contributed by atoms with E-state index in [9.17, 15) is 4.79 Å². The molecule has 1 aliphatic heterocycles. The second kappa shape index (κ2) is 11.2. The Labute approximate surface area is 194 Å². The highest BCUT2D eigenvalue weighted by molar-refractivity contribution is 5.85. The minimum atomic E-state index is -0.381. The number of likely N-dealkylation sites (N-methyl/N-ethyl adjacent to an activating group) is 1. The lowest BCUT2D eigenvalue weighted by Crippen LogP contribution is -2.26. The molecular weight excluding hydrogens is 422 g/mol. The lowest BCUT2D eigenvalue weighted by atomic mass is 10.1. The van der Waals surface area contributed by atoms with Gasteiger partial charge < -0.3 is 18.9 Å². The molecule has 1 atom stereocenters. The summed E-state index contributed by atoms with van der Waals surface area (Å²) in [4.78, 5) is 14.6. The fourth-order valence-electron chi connectivity index (χ4n) is 3.49. The molecule has 3 rings (SSSR count). The van der Waals surface area contributed by atoms with Crippen molar-refractivity contribution in [3.8, 4) is 23.0 Å². The van der Waals surface area contributed by atoms with Crippen molar-refractivity contribution in [3.05, 3.63) is 72.8 Å². The van der Waals surface area contributed by atoms with Gasteiger partial charge in [-0.25, -0.2) is 5.01 Å². The smallest absolute Gasteiger partial charge is 0.258 e. The van der Waals surface area contributed by atoms with Crippen LogP contribution in [0.15, 0.2) is 66.8 Å². The molecular formula is C25H29N3O5. The van der Waals surface area contributed by atoms with Gasteiger partial charge >= 0.3 is 0 Å². The van der Waals surface area contributed by atoms with Crippen LogP contribution in [0.2, 0.25) is 0 Å². The second-order valence-electron chi connectivity index (χ2n) is 7.29. The molecule has 0 radical (unpaired) electrons. The van der Waals surface area contributed by atoms with Gasteiger partial charge in [0.05, 0.1) is 27.0 Å². The molecule has 33 heavy (non-hydrogen) atoms. The molecule has 0 aromatic heterocycles. The minimum absolute atomic E-state index is 0.109. The Morgan fingerprint density at radius 1 is 0.970 bits per heavy atom. The van der Waals surface area contributed by atoms with Gasteiger partial charge in [-0.2, -0.15) is 5.10 Å². The third-order valence-electron chi connectivity index (χ3n) is 5.01. The van der Waals surface area contributed by atoms with Gasteiger partial charge in [-0.1, -0.05) is 31.4 Å². The molecule has 1 amide bonds. The maximum absolute atomic E-state index is 12.7. The summed E-state index contributed by atoms with van der Waals surface area (Å²) in [5.41, 5.74) is 1.62. The van der Waals surface area contributed by atoms with E-state index in [0.29, 0.717) is 36.2 Å². The predicted molar refractivity (Wildman–Crippen MR) is 127 cm³/mol. The quantitative estimate of drug-likeness (QED) is 0.384.